The van der Waals surface area contributed by atoms with E-state index in [4.69, 9.17) is 0 Å². The molecule has 2 aromatic heterocycles. The molecule has 2 heterocycles. The summed E-state index contributed by atoms with van der Waals surface area (Å²) in [5, 5.41) is 4.42. The van der Waals surface area contributed by atoms with Gasteiger partial charge < -0.3 is 9.88 Å². The Balaban J connectivity index is 1.97. The van der Waals surface area contributed by atoms with Gasteiger partial charge in [-0.05, 0) is 43.2 Å². The van der Waals surface area contributed by atoms with E-state index in [0.29, 0.717) is 12.1 Å². The molecule has 0 aliphatic rings. The molecule has 0 aliphatic carbocycles. The molecule has 0 radical (unpaired) electrons. The van der Waals surface area contributed by atoms with E-state index in [1.165, 1.54) is 23.4 Å². The second-order valence-electron chi connectivity index (χ2n) is 7.00. The van der Waals surface area contributed by atoms with Gasteiger partial charge in [0.1, 0.15) is 11.6 Å². The summed E-state index contributed by atoms with van der Waals surface area (Å²) in [6.45, 7) is 8.22. The number of aryl methyl sites for hydroxylation is 2. The number of halogens is 1. The van der Waals surface area contributed by atoms with Gasteiger partial charge in [0.15, 0.2) is 5.78 Å². The number of pyridine rings is 1. The van der Waals surface area contributed by atoms with Crippen molar-refractivity contribution < 1.29 is 9.18 Å². The average molecular weight is 353 g/mol. The molecule has 3 rings (SSSR count). The van der Waals surface area contributed by atoms with Crippen molar-refractivity contribution in [1.82, 2.24) is 9.55 Å². The maximum Gasteiger partial charge on any atom is 0.165 e. The van der Waals surface area contributed by atoms with Crippen LogP contribution in [0.1, 0.15) is 41.0 Å². The highest BCUT2D eigenvalue weighted by Crippen LogP contribution is 2.29. The summed E-state index contributed by atoms with van der Waals surface area (Å²) in [6.07, 6.45) is 1.77. The Morgan fingerprint density at radius 3 is 2.69 bits per heavy atom. The summed E-state index contributed by atoms with van der Waals surface area (Å²) >= 11 is 0. The van der Waals surface area contributed by atoms with Crippen LogP contribution in [0.25, 0.3) is 10.9 Å². The number of nitrogens with one attached hydrogen (secondary N) is 1. The number of carbonyl (C=O) groups is 1. The zero-order valence-corrected chi connectivity index (χ0v) is 15.9. The minimum absolute atomic E-state index is 0.0563. The van der Waals surface area contributed by atoms with Crippen molar-refractivity contribution in [1.29, 1.82) is 0 Å². The fraction of sp³-hybridized carbons (Fsp3) is 0.333. The first-order valence-corrected chi connectivity index (χ1v) is 8.78. The number of aromatic nitrogens is 2. The number of ketones is 1. The molecular formula is C21H24FN3O. The minimum Gasteiger partial charge on any atom is -0.365 e. The molecule has 0 aliphatic heterocycles. The van der Waals surface area contributed by atoms with E-state index in [0.717, 1.165) is 22.3 Å². The summed E-state index contributed by atoms with van der Waals surface area (Å²) in [4.78, 5) is 16.9. The first kappa shape index (κ1) is 18.1. The highest BCUT2D eigenvalue weighted by atomic mass is 19.1. The van der Waals surface area contributed by atoms with Crippen molar-refractivity contribution >= 4 is 22.5 Å². The Morgan fingerprint density at radius 1 is 1.27 bits per heavy atom. The average Bonchev–Trinajstić information content (AvgIpc) is 2.85. The highest BCUT2D eigenvalue weighted by molar-refractivity contribution is 5.99. The summed E-state index contributed by atoms with van der Waals surface area (Å²) in [6, 6.07) is 6.37. The minimum atomic E-state index is -0.396. The van der Waals surface area contributed by atoms with Gasteiger partial charge in [-0.25, -0.2) is 9.37 Å². The van der Waals surface area contributed by atoms with Crippen LogP contribution in [0.5, 0.6) is 0 Å². The van der Waals surface area contributed by atoms with Crippen molar-refractivity contribution in [3.05, 3.63) is 58.7 Å². The van der Waals surface area contributed by atoms with Crippen LogP contribution in [0.3, 0.4) is 0 Å². The second kappa shape index (κ2) is 6.90. The number of carbonyl (C=O) groups excluding carboxylic acids is 1. The van der Waals surface area contributed by atoms with E-state index >= 15 is 0 Å². The highest BCUT2D eigenvalue weighted by Gasteiger charge is 2.17. The van der Waals surface area contributed by atoms with Crippen LogP contribution >= 0.6 is 0 Å². The molecule has 0 unspecified atom stereocenters. The van der Waals surface area contributed by atoms with Crippen molar-refractivity contribution in [2.45, 2.75) is 34.2 Å². The molecule has 0 bridgehead atoms. The molecule has 26 heavy (non-hydrogen) atoms. The fourth-order valence-electron chi connectivity index (χ4n) is 3.27. The van der Waals surface area contributed by atoms with Gasteiger partial charge >= 0.3 is 0 Å². The zero-order valence-electron chi connectivity index (χ0n) is 15.9. The van der Waals surface area contributed by atoms with Crippen molar-refractivity contribution in [3.63, 3.8) is 0 Å². The molecular weight excluding hydrogens is 329 g/mol. The third kappa shape index (κ3) is 3.09. The molecule has 0 amide bonds. The predicted molar refractivity (Wildman–Crippen MR) is 103 cm³/mol. The number of anilines is 1. The molecule has 3 aromatic rings. The molecule has 0 fully saturated rings. The lowest BCUT2D eigenvalue weighted by Gasteiger charge is -2.13. The predicted octanol–water partition coefficient (Wildman–Crippen LogP) is 4.78. The normalized spacial score (nSPS) is 11.3. The number of hydrogen-bond donors (Lipinski definition) is 1. The Morgan fingerprint density at radius 2 is 2.00 bits per heavy atom. The second-order valence-corrected chi connectivity index (χ2v) is 7.00. The number of hydrogen-bond acceptors (Lipinski definition) is 3. The van der Waals surface area contributed by atoms with E-state index < -0.39 is 5.82 Å². The molecule has 0 saturated carbocycles. The molecule has 0 spiro atoms. The quantitative estimate of drug-likeness (QED) is 0.672. The Hall–Kier alpha value is -2.69. The van der Waals surface area contributed by atoms with E-state index in [1.54, 1.807) is 12.3 Å². The molecule has 1 aromatic carbocycles. The van der Waals surface area contributed by atoms with Crippen LogP contribution in [-0.2, 0) is 13.6 Å². The molecule has 0 atom stereocenters. The SMILES string of the molecule is Cc1c(C)n(C)c2ccnc(NCc3ccc(F)cc3C(=O)C(C)C)c12. The number of Topliss-reactive ketones (excluding diaryl/α,β-unsaturated/α-hetero) is 1. The Labute approximate surface area is 153 Å². The largest absolute Gasteiger partial charge is 0.365 e. The standard InChI is InChI=1S/C21H24FN3O/c1-12(2)20(26)17-10-16(22)7-6-15(17)11-24-21-19-13(3)14(4)25(5)18(19)8-9-23-21/h6-10,12H,11H2,1-5H3,(H,23,24). The number of benzene rings is 1. The lowest BCUT2D eigenvalue weighted by atomic mass is 9.96. The number of rotatable bonds is 5. The molecule has 5 heteroatoms. The molecule has 0 saturated heterocycles. The summed E-state index contributed by atoms with van der Waals surface area (Å²) < 4.78 is 15.8. The van der Waals surface area contributed by atoms with E-state index in [9.17, 15) is 9.18 Å². The Bertz CT molecular complexity index is 989. The monoisotopic (exact) mass is 353 g/mol. The maximum absolute atomic E-state index is 13.7. The van der Waals surface area contributed by atoms with Gasteiger partial charge in [0.25, 0.3) is 0 Å². The van der Waals surface area contributed by atoms with Crippen LogP contribution in [-0.4, -0.2) is 15.3 Å². The topological polar surface area (TPSA) is 46.9 Å². The first-order chi connectivity index (χ1) is 12.3. The maximum atomic E-state index is 13.7. The third-order valence-corrected chi connectivity index (χ3v) is 5.02. The third-order valence-electron chi connectivity index (χ3n) is 5.02. The van der Waals surface area contributed by atoms with Crippen molar-refractivity contribution in [3.8, 4) is 0 Å². The fourth-order valence-corrected chi connectivity index (χ4v) is 3.27. The van der Waals surface area contributed by atoms with Gasteiger partial charge in [0.2, 0.25) is 0 Å². The molecule has 136 valence electrons. The van der Waals surface area contributed by atoms with Gasteiger partial charge in [0.05, 0.1) is 5.52 Å². The van der Waals surface area contributed by atoms with E-state index in [1.807, 2.05) is 27.0 Å². The van der Waals surface area contributed by atoms with Crippen LogP contribution in [0.15, 0.2) is 30.5 Å². The summed E-state index contributed by atoms with van der Waals surface area (Å²) in [5.41, 5.74) is 4.68. The lowest BCUT2D eigenvalue weighted by Crippen LogP contribution is -2.13. The Kier molecular flexibility index (Phi) is 4.81. The van der Waals surface area contributed by atoms with Gasteiger partial charge in [-0.2, -0.15) is 0 Å². The van der Waals surface area contributed by atoms with Crippen LogP contribution < -0.4 is 5.32 Å². The smallest absolute Gasteiger partial charge is 0.165 e. The number of fused-ring (bicyclic) bond motifs is 1. The van der Waals surface area contributed by atoms with Gasteiger partial charge in [-0.1, -0.05) is 19.9 Å². The number of nitrogens with zero attached hydrogens (tertiary/aromatic N) is 2. The molecule has 1 N–H and O–H groups in total. The van der Waals surface area contributed by atoms with Crippen molar-refractivity contribution in [2.75, 3.05) is 5.32 Å². The van der Waals surface area contributed by atoms with E-state index in [2.05, 4.69) is 28.7 Å². The van der Waals surface area contributed by atoms with Crippen LogP contribution in [0.2, 0.25) is 0 Å². The van der Waals surface area contributed by atoms with Crippen molar-refractivity contribution in [2.24, 2.45) is 13.0 Å². The zero-order chi connectivity index (χ0) is 19.0. The summed E-state index contributed by atoms with van der Waals surface area (Å²) in [5.74, 6) is 0.138. The summed E-state index contributed by atoms with van der Waals surface area (Å²) in [7, 11) is 2.04. The van der Waals surface area contributed by atoms with Crippen LogP contribution in [0, 0.1) is 25.6 Å². The lowest BCUT2D eigenvalue weighted by molar-refractivity contribution is 0.0938. The van der Waals surface area contributed by atoms with Gasteiger partial charge in [-0.3, -0.25) is 4.79 Å². The van der Waals surface area contributed by atoms with Gasteiger partial charge in [0, 0.05) is 42.4 Å². The molecule has 4 nitrogen and oxygen atoms in total. The first-order valence-electron chi connectivity index (χ1n) is 8.78. The van der Waals surface area contributed by atoms with Gasteiger partial charge in [-0.15, -0.1) is 0 Å². The van der Waals surface area contributed by atoms with Crippen LogP contribution in [0.4, 0.5) is 10.2 Å². The van der Waals surface area contributed by atoms with E-state index in [-0.39, 0.29) is 11.7 Å².